The van der Waals surface area contributed by atoms with Crippen molar-refractivity contribution in [2.24, 2.45) is 0 Å². The van der Waals surface area contributed by atoms with Crippen molar-refractivity contribution in [2.75, 3.05) is 13.7 Å². The quantitative estimate of drug-likeness (QED) is 0.704. The molecule has 0 aliphatic rings. The molecule has 2 aromatic heterocycles. The van der Waals surface area contributed by atoms with Crippen molar-refractivity contribution in [2.45, 2.75) is 19.9 Å². The SMILES string of the molecule is CCn1nc(C(=O)NCCc2cccs2)cc1-c1ccccc1OC. The lowest BCUT2D eigenvalue weighted by molar-refractivity contribution is 0.0948. The molecule has 25 heavy (non-hydrogen) atoms. The Kier molecular flexibility index (Phi) is 5.50. The Morgan fingerprint density at radius 1 is 1.28 bits per heavy atom. The molecular weight excluding hydrogens is 334 g/mol. The van der Waals surface area contributed by atoms with E-state index in [1.54, 1.807) is 18.4 Å². The average Bonchev–Trinajstić information content (AvgIpc) is 3.31. The van der Waals surface area contributed by atoms with Gasteiger partial charge in [-0.1, -0.05) is 18.2 Å². The highest BCUT2D eigenvalue weighted by atomic mass is 32.1. The lowest BCUT2D eigenvalue weighted by Crippen LogP contribution is -2.26. The number of aromatic nitrogens is 2. The minimum absolute atomic E-state index is 0.153. The van der Waals surface area contributed by atoms with Gasteiger partial charge in [-0.15, -0.1) is 11.3 Å². The van der Waals surface area contributed by atoms with Crippen LogP contribution in [0, 0.1) is 0 Å². The number of hydrogen-bond donors (Lipinski definition) is 1. The van der Waals surface area contributed by atoms with Gasteiger partial charge < -0.3 is 10.1 Å². The molecule has 6 heteroatoms. The lowest BCUT2D eigenvalue weighted by atomic mass is 10.1. The largest absolute Gasteiger partial charge is 0.496 e. The zero-order valence-corrected chi connectivity index (χ0v) is 15.2. The van der Waals surface area contributed by atoms with Crippen molar-refractivity contribution in [3.8, 4) is 17.0 Å². The number of rotatable bonds is 7. The summed E-state index contributed by atoms with van der Waals surface area (Å²) < 4.78 is 7.26. The van der Waals surface area contributed by atoms with E-state index in [0.717, 1.165) is 23.4 Å². The van der Waals surface area contributed by atoms with Gasteiger partial charge in [-0.25, -0.2) is 0 Å². The molecule has 0 spiro atoms. The summed E-state index contributed by atoms with van der Waals surface area (Å²) in [4.78, 5) is 13.7. The predicted octanol–water partition coefficient (Wildman–Crippen LogP) is 3.61. The van der Waals surface area contributed by atoms with Crippen molar-refractivity contribution in [1.82, 2.24) is 15.1 Å². The number of carbonyl (C=O) groups is 1. The molecule has 0 bridgehead atoms. The second-order valence-electron chi connectivity index (χ2n) is 5.52. The summed E-state index contributed by atoms with van der Waals surface area (Å²) in [7, 11) is 1.64. The fourth-order valence-electron chi connectivity index (χ4n) is 2.69. The van der Waals surface area contributed by atoms with Gasteiger partial charge in [0, 0.05) is 23.5 Å². The maximum absolute atomic E-state index is 12.4. The number of carbonyl (C=O) groups excluding carboxylic acids is 1. The van der Waals surface area contributed by atoms with E-state index in [-0.39, 0.29) is 5.91 Å². The first-order chi connectivity index (χ1) is 12.2. The smallest absolute Gasteiger partial charge is 0.271 e. The van der Waals surface area contributed by atoms with Crippen molar-refractivity contribution < 1.29 is 9.53 Å². The second kappa shape index (κ2) is 7.98. The van der Waals surface area contributed by atoms with Gasteiger partial charge in [0.25, 0.3) is 5.91 Å². The standard InChI is InChI=1S/C19H21N3O2S/c1-3-22-17(15-8-4-5-9-18(15)24-2)13-16(21-22)19(23)20-11-10-14-7-6-12-25-14/h4-9,12-13H,3,10-11H2,1-2H3,(H,20,23). The van der Waals surface area contributed by atoms with Crippen LogP contribution >= 0.6 is 11.3 Å². The van der Waals surface area contributed by atoms with E-state index in [1.807, 2.05) is 53.4 Å². The molecule has 1 N–H and O–H groups in total. The van der Waals surface area contributed by atoms with Crippen molar-refractivity contribution in [3.05, 3.63) is 58.4 Å². The topological polar surface area (TPSA) is 56.2 Å². The number of hydrogen-bond acceptors (Lipinski definition) is 4. The van der Waals surface area contributed by atoms with E-state index in [2.05, 4.69) is 16.5 Å². The Balaban J connectivity index is 1.76. The molecule has 0 fully saturated rings. The number of thiophene rings is 1. The fourth-order valence-corrected chi connectivity index (χ4v) is 3.40. The first-order valence-electron chi connectivity index (χ1n) is 8.24. The summed E-state index contributed by atoms with van der Waals surface area (Å²) in [6.45, 7) is 3.28. The van der Waals surface area contributed by atoms with Crippen molar-refractivity contribution in [3.63, 3.8) is 0 Å². The van der Waals surface area contributed by atoms with Gasteiger partial charge in [-0.05, 0) is 43.0 Å². The van der Waals surface area contributed by atoms with Crippen LogP contribution in [0.5, 0.6) is 5.75 Å². The van der Waals surface area contributed by atoms with E-state index in [9.17, 15) is 4.79 Å². The van der Waals surface area contributed by atoms with Crippen molar-refractivity contribution in [1.29, 1.82) is 0 Å². The molecule has 0 saturated heterocycles. The van der Waals surface area contributed by atoms with Gasteiger partial charge >= 0.3 is 0 Å². The number of aryl methyl sites for hydroxylation is 1. The first-order valence-corrected chi connectivity index (χ1v) is 9.12. The molecule has 1 aromatic carbocycles. The fraction of sp³-hybridized carbons (Fsp3) is 0.263. The number of methoxy groups -OCH3 is 1. The Labute approximate surface area is 151 Å². The number of amides is 1. The van der Waals surface area contributed by atoms with Crippen LogP contribution in [0.1, 0.15) is 22.3 Å². The van der Waals surface area contributed by atoms with Gasteiger partial charge in [0.1, 0.15) is 5.75 Å². The predicted molar refractivity (Wildman–Crippen MR) is 100 cm³/mol. The molecule has 130 valence electrons. The van der Waals surface area contributed by atoms with Crippen LogP contribution in [0.15, 0.2) is 47.8 Å². The molecular formula is C19H21N3O2S. The molecule has 1 amide bonds. The average molecular weight is 355 g/mol. The summed E-state index contributed by atoms with van der Waals surface area (Å²) in [5.74, 6) is 0.613. The van der Waals surface area contributed by atoms with Crippen LogP contribution in [0.4, 0.5) is 0 Å². The third kappa shape index (κ3) is 3.91. The summed E-state index contributed by atoms with van der Waals surface area (Å²) in [6, 6.07) is 13.7. The van der Waals surface area contributed by atoms with Crippen LogP contribution in [0.2, 0.25) is 0 Å². The zero-order chi connectivity index (χ0) is 17.6. The molecule has 0 radical (unpaired) electrons. The third-order valence-corrected chi connectivity index (χ3v) is 4.87. The molecule has 3 aromatic rings. The highest BCUT2D eigenvalue weighted by Gasteiger charge is 2.17. The van der Waals surface area contributed by atoms with E-state index >= 15 is 0 Å². The van der Waals surface area contributed by atoms with Crippen molar-refractivity contribution >= 4 is 17.2 Å². The van der Waals surface area contributed by atoms with Gasteiger partial charge in [0.2, 0.25) is 0 Å². The lowest BCUT2D eigenvalue weighted by Gasteiger charge is -2.09. The number of nitrogens with zero attached hydrogens (tertiary/aromatic N) is 2. The van der Waals surface area contributed by atoms with Gasteiger partial charge in [0.15, 0.2) is 5.69 Å². The minimum Gasteiger partial charge on any atom is -0.496 e. The Morgan fingerprint density at radius 2 is 2.12 bits per heavy atom. The molecule has 0 unspecified atom stereocenters. The van der Waals surface area contributed by atoms with Crippen LogP contribution in [0.3, 0.4) is 0 Å². The molecule has 5 nitrogen and oxygen atoms in total. The van der Waals surface area contributed by atoms with E-state index in [4.69, 9.17) is 4.74 Å². The number of nitrogens with one attached hydrogen (secondary N) is 1. The number of ether oxygens (including phenoxy) is 1. The first kappa shape index (κ1) is 17.2. The highest BCUT2D eigenvalue weighted by Crippen LogP contribution is 2.30. The summed E-state index contributed by atoms with van der Waals surface area (Å²) in [5, 5.41) is 9.43. The maximum atomic E-state index is 12.4. The normalized spacial score (nSPS) is 10.6. The van der Waals surface area contributed by atoms with Crippen LogP contribution < -0.4 is 10.1 Å². The molecule has 3 rings (SSSR count). The Morgan fingerprint density at radius 3 is 2.84 bits per heavy atom. The molecule has 0 saturated carbocycles. The van der Waals surface area contributed by atoms with Crippen LogP contribution in [-0.2, 0) is 13.0 Å². The second-order valence-corrected chi connectivity index (χ2v) is 6.55. The minimum atomic E-state index is -0.153. The summed E-state index contributed by atoms with van der Waals surface area (Å²) >= 11 is 1.70. The van der Waals surface area contributed by atoms with Crippen LogP contribution in [-0.4, -0.2) is 29.3 Å². The summed E-state index contributed by atoms with van der Waals surface area (Å²) in [6.07, 6.45) is 0.831. The Bertz CT molecular complexity index is 840. The van der Waals surface area contributed by atoms with Gasteiger partial charge in [-0.3, -0.25) is 9.48 Å². The maximum Gasteiger partial charge on any atom is 0.271 e. The van der Waals surface area contributed by atoms with Crippen LogP contribution in [0.25, 0.3) is 11.3 Å². The third-order valence-electron chi connectivity index (χ3n) is 3.93. The molecule has 0 aliphatic carbocycles. The molecule has 2 heterocycles. The van der Waals surface area contributed by atoms with E-state index in [1.165, 1.54) is 4.88 Å². The summed E-state index contributed by atoms with van der Waals surface area (Å²) in [5.41, 5.74) is 2.23. The zero-order valence-electron chi connectivity index (χ0n) is 14.4. The number of para-hydroxylation sites is 1. The molecule has 0 aliphatic heterocycles. The highest BCUT2D eigenvalue weighted by molar-refractivity contribution is 7.09. The number of benzene rings is 1. The van der Waals surface area contributed by atoms with Gasteiger partial charge in [0.05, 0.1) is 12.8 Å². The molecule has 0 atom stereocenters. The van der Waals surface area contributed by atoms with Gasteiger partial charge in [-0.2, -0.15) is 5.10 Å². The monoisotopic (exact) mass is 355 g/mol. The van der Waals surface area contributed by atoms with E-state index < -0.39 is 0 Å². The Hall–Kier alpha value is -2.60. The van der Waals surface area contributed by atoms with E-state index in [0.29, 0.717) is 18.8 Å².